The van der Waals surface area contributed by atoms with Crippen LogP contribution in [0, 0.1) is 5.41 Å². The molecule has 0 atom stereocenters. The van der Waals surface area contributed by atoms with Crippen LogP contribution in [0.5, 0.6) is 0 Å². The maximum Gasteiger partial charge on any atom is -0.0116 e. The lowest BCUT2D eigenvalue weighted by Crippen LogP contribution is -1.94. The Morgan fingerprint density at radius 1 is 1.44 bits per heavy atom. The zero-order valence-corrected chi connectivity index (χ0v) is 6.11. The minimum Gasteiger partial charge on any atom is -0.0848 e. The molecule has 0 unspecified atom stereocenters. The first-order valence-electron chi connectivity index (χ1n) is 4.01. The third-order valence-electron chi connectivity index (χ3n) is 2.82. The summed E-state index contributed by atoms with van der Waals surface area (Å²) in [6.07, 6.45) is 9.55. The number of hydrogen-bond donors (Lipinski definition) is 0. The van der Waals surface area contributed by atoms with Crippen LogP contribution in [0.1, 0.15) is 39.0 Å². The van der Waals surface area contributed by atoms with Crippen molar-refractivity contribution in [3.05, 3.63) is 11.6 Å². The molecule has 0 N–H and O–H groups in total. The average Bonchev–Trinajstić information content (AvgIpc) is 2.46. The molecule has 2 aliphatic carbocycles. The van der Waals surface area contributed by atoms with Gasteiger partial charge < -0.3 is 0 Å². The maximum absolute atomic E-state index is 2.47. The van der Waals surface area contributed by atoms with Crippen molar-refractivity contribution < 1.29 is 0 Å². The molecule has 2 rings (SSSR count). The third-order valence-corrected chi connectivity index (χ3v) is 2.82. The molecule has 50 valence electrons. The molecule has 9 heavy (non-hydrogen) atoms. The molecule has 0 heteroatoms. The molecule has 0 saturated heterocycles. The summed E-state index contributed by atoms with van der Waals surface area (Å²) in [6, 6.07) is 0. The van der Waals surface area contributed by atoms with Gasteiger partial charge in [0.25, 0.3) is 0 Å². The van der Waals surface area contributed by atoms with Crippen LogP contribution in [-0.2, 0) is 0 Å². The van der Waals surface area contributed by atoms with Gasteiger partial charge in [-0.25, -0.2) is 0 Å². The van der Waals surface area contributed by atoms with E-state index in [9.17, 15) is 0 Å². The number of hydrogen-bond acceptors (Lipinski definition) is 0. The molecule has 0 bridgehead atoms. The normalized spacial score (nSPS) is 30.1. The highest BCUT2D eigenvalue weighted by atomic mass is 14.5. The van der Waals surface area contributed by atoms with Crippen LogP contribution in [0.2, 0.25) is 0 Å². The molecule has 1 fully saturated rings. The molecule has 0 aromatic carbocycles. The SMILES string of the molecule is CC1(C2=CCCC2)CC1. The van der Waals surface area contributed by atoms with Gasteiger partial charge in [-0.2, -0.15) is 0 Å². The molecule has 0 radical (unpaired) electrons. The highest BCUT2D eigenvalue weighted by Crippen LogP contribution is 2.54. The van der Waals surface area contributed by atoms with Crippen LogP contribution in [0.15, 0.2) is 11.6 Å². The Morgan fingerprint density at radius 2 is 2.22 bits per heavy atom. The summed E-state index contributed by atoms with van der Waals surface area (Å²) in [4.78, 5) is 0. The van der Waals surface area contributed by atoms with Crippen molar-refractivity contribution in [1.29, 1.82) is 0 Å². The molecule has 0 aliphatic heterocycles. The van der Waals surface area contributed by atoms with Crippen LogP contribution < -0.4 is 0 Å². The van der Waals surface area contributed by atoms with Crippen molar-refractivity contribution >= 4 is 0 Å². The van der Waals surface area contributed by atoms with Crippen LogP contribution in [0.3, 0.4) is 0 Å². The molecule has 0 spiro atoms. The van der Waals surface area contributed by atoms with E-state index in [-0.39, 0.29) is 0 Å². The first kappa shape index (κ1) is 5.52. The van der Waals surface area contributed by atoms with E-state index < -0.39 is 0 Å². The van der Waals surface area contributed by atoms with Gasteiger partial charge >= 0.3 is 0 Å². The van der Waals surface area contributed by atoms with Gasteiger partial charge in [-0.3, -0.25) is 0 Å². The average molecular weight is 122 g/mol. The first-order valence-corrected chi connectivity index (χ1v) is 4.01. The fraction of sp³-hybridized carbons (Fsp3) is 0.778. The second kappa shape index (κ2) is 1.62. The molecule has 0 aromatic rings. The minimum absolute atomic E-state index is 0.691. The second-order valence-corrected chi connectivity index (χ2v) is 3.68. The quantitative estimate of drug-likeness (QED) is 0.469. The molecular weight excluding hydrogens is 108 g/mol. The van der Waals surface area contributed by atoms with Crippen LogP contribution in [0.25, 0.3) is 0 Å². The highest BCUT2D eigenvalue weighted by Gasteiger charge is 2.40. The topological polar surface area (TPSA) is 0 Å². The van der Waals surface area contributed by atoms with E-state index in [1.165, 1.54) is 32.1 Å². The first-order chi connectivity index (χ1) is 4.31. The Morgan fingerprint density at radius 3 is 2.67 bits per heavy atom. The predicted octanol–water partition coefficient (Wildman–Crippen LogP) is 2.90. The standard InChI is InChI=1S/C9H14/c1-9(6-7-9)8-4-2-3-5-8/h4H,2-3,5-7H2,1H3. The van der Waals surface area contributed by atoms with Crippen molar-refractivity contribution in [2.75, 3.05) is 0 Å². The molecule has 0 aromatic heterocycles. The Hall–Kier alpha value is -0.260. The van der Waals surface area contributed by atoms with Crippen molar-refractivity contribution in [2.45, 2.75) is 39.0 Å². The van der Waals surface area contributed by atoms with E-state index in [1.807, 2.05) is 0 Å². The summed E-state index contributed by atoms with van der Waals surface area (Å²) in [5, 5.41) is 0. The summed E-state index contributed by atoms with van der Waals surface area (Å²) in [7, 11) is 0. The summed E-state index contributed by atoms with van der Waals surface area (Å²) in [5.74, 6) is 0. The van der Waals surface area contributed by atoms with Gasteiger partial charge in [0, 0.05) is 0 Å². The summed E-state index contributed by atoms with van der Waals surface area (Å²) in [5.41, 5.74) is 2.46. The largest absolute Gasteiger partial charge is 0.0848 e. The van der Waals surface area contributed by atoms with E-state index in [0.717, 1.165) is 0 Å². The molecule has 0 amide bonds. The van der Waals surface area contributed by atoms with Gasteiger partial charge in [0.2, 0.25) is 0 Å². The predicted molar refractivity (Wildman–Crippen MR) is 39.3 cm³/mol. The van der Waals surface area contributed by atoms with Gasteiger partial charge in [-0.05, 0) is 37.5 Å². The molecule has 2 aliphatic rings. The van der Waals surface area contributed by atoms with Gasteiger partial charge in [0.05, 0.1) is 0 Å². The van der Waals surface area contributed by atoms with E-state index in [2.05, 4.69) is 13.0 Å². The van der Waals surface area contributed by atoms with Gasteiger partial charge in [-0.1, -0.05) is 18.6 Å². The number of allylic oxidation sites excluding steroid dienone is 2. The Labute approximate surface area is 57.0 Å². The van der Waals surface area contributed by atoms with Gasteiger partial charge in [-0.15, -0.1) is 0 Å². The minimum atomic E-state index is 0.691. The van der Waals surface area contributed by atoms with E-state index in [4.69, 9.17) is 0 Å². The molecule has 1 saturated carbocycles. The fourth-order valence-corrected chi connectivity index (χ4v) is 1.73. The molecule has 0 nitrogen and oxygen atoms in total. The Bertz CT molecular complexity index is 149. The van der Waals surface area contributed by atoms with Crippen LogP contribution in [-0.4, -0.2) is 0 Å². The van der Waals surface area contributed by atoms with Crippen molar-refractivity contribution in [3.8, 4) is 0 Å². The highest BCUT2D eigenvalue weighted by molar-refractivity contribution is 5.22. The van der Waals surface area contributed by atoms with E-state index in [0.29, 0.717) is 5.41 Å². The van der Waals surface area contributed by atoms with Crippen LogP contribution >= 0.6 is 0 Å². The second-order valence-electron chi connectivity index (χ2n) is 3.68. The monoisotopic (exact) mass is 122 g/mol. The summed E-state index contributed by atoms with van der Waals surface area (Å²) in [6.45, 7) is 2.41. The van der Waals surface area contributed by atoms with Crippen molar-refractivity contribution in [1.82, 2.24) is 0 Å². The lowest BCUT2D eigenvalue weighted by molar-refractivity contribution is 0.657. The molecule has 0 heterocycles. The van der Waals surface area contributed by atoms with E-state index in [1.54, 1.807) is 5.57 Å². The fourth-order valence-electron chi connectivity index (χ4n) is 1.73. The zero-order valence-electron chi connectivity index (χ0n) is 6.11. The van der Waals surface area contributed by atoms with Crippen molar-refractivity contribution in [3.63, 3.8) is 0 Å². The smallest absolute Gasteiger partial charge is 0.0116 e. The summed E-state index contributed by atoms with van der Waals surface area (Å²) >= 11 is 0. The van der Waals surface area contributed by atoms with Crippen molar-refractivity contribution in [2.24, 2.45) is 5.41 Å². The van der Waals surface area contributed by atoms with E-state index >= 15 is 0 Å². The van der Waals surface area contributed by atoms with Crippen LogP contribution in [0.4, 0.5) is 0 Å². The Balaban J connectivity index is 2.12. The van der Waals surface area contributed by atoms with Gasteiger partial charge in [0.1, 0.15) is 0 Å². The lowest BCUT2D eigenvalue weighted by Gasteiger charge is -2.07. The Kier molecular flexibility index (Phi) is 0.992. The third kappa shape index (κ3) is 0.810. The lowest BCUT2D eigenvalue weighted by atomic mass is 9.98. The maximum atomic E-state index is 2.47. The summed E-state index contributed by atoms with van der Waals surface area (Å²) < 4.78 is 0. The zero-order chi connectivity index (χ0) is 6.32. The number of rotatable bonds is 1. The molecular formula is C9H14. The van der Waals surface area contributed by atoms with Gasteiger partial charge in [0.15, 0.2) is 0 Å².